The minimum Gasteiger partial charge on any atom is -0.383 e. The Labute approximate surface area is 144 Å². The van der Waals surface area contributed by atoms with E-state index in [0.29, 0.717) is 11.2 Å². The lowest BCUT2D eigenvalue weighted by Crippen LogP contribution is -2.10. The third-order valence-corrected chi connectivity index (χ3v) is 3.77. The molecule has 0 spiro atoms. The number of amides is 1. The first-order valence-electron chi connectivity index (χ1n) is 6.95. The van der Waals surface area contributed by atoms with Crippen molar-refractivity contribution in [2.45, 2.75) is 13.1 Å². The minimum atomic E-state index is -4.61. The van der Waals surface area contributed by atoms with Crippen LogP contribution in [0, 0.1) is 0 Å². The second kappa shape index (κ2) is 5.92. The molecule has 130 valence electrons. The third kappa shape index (κ3) is 3.22. The highest BCUT2D eigenvalue weighted by Gasteiger charge is 2.34. The number of carbonyl (C=O) groups excluding carboxylic acids is 1. The van der Waals surface area contributed by atoms with E-state index in [1.54, 1.807) is 12.1 Å². The molecule has 0 saturated carbocycles. The maximum atomic E-state index is 13.0. The van der Waals surface area contributed by atoms with Gasteiger partial charge in [-0.15, -0.1) is 0 Å². The summed E-state index contributed by atoms with van der Waals surface area (Å²) in [5, 5.41) is 2.61. The predicted molar refractivity (Wildman–Crippen MR) is 87.2 cm³/mol. The smallest absolute Gasteiger partial charge is 0.383 e. The van der Waals surface area contributed by atoms with Crippen molar-refractivity contribution in [1.82, 2.24) is 14.4 Å². The van der Waals surface area contributed by atoms with Crippen LogP contribution in [0.5, 0.6) is 0 Å². The molecule has 0 aliphatic rings. The normalized spacial score (nSPS) is 11.7. The molecule has 0 aromatic carbocycles. The molecule has 25 heavy (non-hydrogen) atoms. The number of nitrogens with two attached hydrogens (primary N) is 1. The predicted octanol–water partition coefficient (Wildman–Crippen LogP) is 3.61. The number of aromatic nitrogens is 3. The van der Waals surface area contributed by atoms with Crippen LogP contribution >= 0.6 is 11.6 Å². The molecule has 0 saturated heterocycles. The number of nitrogens with one attached hydrogen (secondary N) is 1. The zero-order valence-electron chi connectivity index (χ0n) is 12.7. The number of carbonyl (C=O) groups is 1. The Balaban J connectivity index is 2.11. The van der Waals surface area contributed by atoms with Crippen LogP contribution < -0.4 is 11.1 Å². The van der Waals surface area contributed by atoms with Crippen LogP contribution in [0.25, 0.3) is 16.8 Å². The summed E-state index contributed by atoms with van der Waals surface area (Å²) in [6.45, 7) is 1.31. The standard InChI is InChI=1S/C15H11ClF3N5O/c1-7(25)22-14-12(16)24-6-8(2-3-11(24)23-14)9-4-10(15(17,18)19)13(20)21-5-9/h2-6H,1H3,(H2,20,21)(H,22,25). The summed E-state index contributed by atoms with van der Waals surface area (Å²) in [6, 6.07) is 4.06. The van der Waals surface area contributed by atoms with Crippen LogP contribution in [0.2, 0.25) is 5.15 Å². The highest BCUT2D eigenvalue weighted by molar-refractivity contribution is 6.32. The molecule has 3 rings (SSSR count). The lowest BCUT2D eigenvalue weighted by molar-refractivity contribution is -0.137. The molecule has 0 radical (unpaired) electrons. The second-order valence-corrected chi connectivity index (χ2v) is 5.59. The van der Waals surface area contributed by atoms with E-state index >= 15 is 0 Å². The van der Waals surface area contributed by atoms with Crippen molar-refractivity contribution in [3.05, 3.63) is 41.3 Å². The molecule has 6 nitrogen and oxygen atoms in total. The lowest BCUT2D eigenvalue weighted by Gasteiger charge is -2.11. The van der Waals surface area contributed by atoms with Gasteiger partial charge in [-0.05, 0) is 18.2 Å². The molecular formula is C15H11ClF3N5O. The summed E-state index contributed by atoms with van der Waals surface area (Å²) in [5.74, 6) is -0.772. The van der Waals surface area contributed by atoms with Gasteiger partial charge >= 0.3 is 6.18 Å². The van der Waals surface area contributed by atoms with Gasteiger partial charge in [0.25, 0.3) is 0 Å². The second-order valence-electron chi connectivity index (χ2n) is 5.23. The monoisotopic (exact) mass is 369 g/mol. The van der Waals surface area contributed by atoms with Gasteiger partial charge in [0.2, 0.25) is 5.91 Å². The van der Waals surface area contributed by atoms with E-state index in [4.69, 9.17) is 17.3 Å². The van der Waals surface area contributed by atoms with Crippen molar-refractivity contribution in [2.75, 3.05) is 11.1 Å². The number of alkyl halides is 3. The molecule has 10 heteroatoms. The van der Waals surface area contributed by atoms with Gasteiger partial charge in [0, 0.05) is 30.4 Å². The summed E-state index contributed by atoms with van der Waals surface area (Å²) in [4.78, 5) is 18.9. The summed E-state index contributed by atoms with van der Waals surface area (Å²) >= 11 is 6.16. The van der Waals surface area contributed by atoms with Gasteiger partial charge < -0.3 is 11.1 Å². The van der Waals surface area contributed by atoms with Crippen molar-refractivity contribution in [2.24, 2.45) is 0 Å². The van der Waals surface area contributed by atoms with Gasteiger partial charge in [0.05, 0.1) is 5.56 Å². The number of imidazole rings is 1. The van der Waals surface area contributed by atoms with Gasteiger partial charge in [0.1, 0.15) is 11.5 Å². The fraction of sp³-hybridized carbons (Fsp3) is 0.133. The first kappa shape index (κ1) is 17.0. The fourth-order valence-corrected chi connectivity index (χ4v) is 2.52. The van der Waals surface area contributed by atoms with Gasteiger partial charge in [0.15, 0.2) is 11.0 Å². The number of nitrogen functional groups attached to an aromatic ring is 1. The van der Waals surface area contributed by atoms with Crippen molar-refractivity contribution >= 4 is 34.8 Å². The van der Waals surface area contributed by atoms with Crippen LogP contribution in [0.3, 0.4) is 0 Å². The third-order valence-electron chi connectivity index (χ3n) is 3.41. The van der Waals surface area contributed by atoms with Crippen molar-refractivity contribution in [1.29, 1.82) is 0 Å². The first-order chi connectivity index (χ1) is 11.7. The summed E-state index contributed by atoms with van der Waals surface area (Å²) in [6.07, 6.45) is -1.86. The van der Waals surface area contributed by atoms with E-state index in [0.717, 1.165) is 6.07 Å². The number of fused-ring (bicyclic) bond motifs is 1. The average molecular weight is 370 g/mol. The molecule has 0 fully saturated rings. The van der Waals surface area contributed by atoms with E-state index in [-0.39, 0.29) is 22.4 Å². The molecule has 3 N–H and O–H groups in total. The van der Waals surface area contributed by atoms with Crippen molar-refractivity contribution in [3.63, 3.8) is 0 Å². The zero-order valence-corrected chi connectivity index (χ0v) is 13.5. The maximum Gasteiger partial charge on any atom is 0.419 e. The fourth-order valence-electron chi connectivity index (χ4n) is 2.29. The van der Waals surface area contributed by atoms with Crippen LogP contribution in [0.4, 0.5) is 24.8 Å². The Kier molecular flexibility index (Phi) is 4.03. The number of pyridine rings is 2. The van der Waals surface area contributed by atoms with Crippen LogP contribution in [-0.4, -0.2) is 20.3 Å². The molecule has 0 bridgehead atoms. The van der Waals surface area contributed by atoms with E-state index < -0.39 is 17.6 Å². The van der Waals surface area contributed by atoms with Crippen molar-refractivity contribution < 1.29 is 18.0 Å². The quantitative estimate of drug-likeness (QED) is 0.722. The molecule has 0 unspecified atom stereocenters. The van der Waals surface area contributed by atoms with E-state index in [1.165, 1.54) is 23.7 Å². The van der Waals surface area contributed by atoms with Crippen LogP contribution in [-0.2, 0) is 11.0 Å². The van der Waals surface area contributed by atoms with Crippen LogP contribution in [0.1, 0.15) is 12.5 Å². The van der Waals surface area contributed by atoms with Crippen molar-refractivity contribution in [3.8, 4) is 11.1 Å². The van der Waals surface area contributed by atoms with E-state index in [9.17, 15) is 18.0 Å². The van der Waals surface area contributed by atoms with Gasteiger partial charge in [-0.3, -0.25) is 9.20 Å². The molecular weight excluding hydrogens is 359 g/mol. The molecule has 3 heterocycles. The summed E-state index contributed by atoms with van der Waals surface area (Å²) in [5.41, 5.74) is 5.37. The molecule has 1 amide bonds. The lowest BCUT2D eigenvalue weighted by atomic mass is 10.1. The molecule has 3 aromatic rings. The Morgan fingerprint density at radius 2 is 2.04 bits per heavy atom. The van der Waals surface area contributed by atoms with Gasteiger partial charge in [-0.25, -0.2) is 9.97 Å². The highest BCUT2D eigenvalue weighted by Crippen LogP contribution is 2.35. The topological polar surface area (TPSA) is 85.3 Å². The Hall–Kier alpha value is -2.81. The Bertz CT molecular complexity index is 983. The van der Waals surface area contributed by atoms with Gasteiger partial charge in [-0.2, -0.15) is 13.2 Å². The maximum absolute atomic E-state index is 13.0. The SMILES string of the molecule is CC(=O)Nc1nc2ccc(-c3cnc(N)c(C(F)(F)F)c3)cn2c1Cl. The molecule has 3 aromatic heterocycles. The van der Waals surface area contributed by atoms with Gasteiger partial charge in [-0.1, -0.05) is 11.6 Å². The summed E-state index contributed by atoms with van der Waals surface area (Å²) in [7, 11) is 0. The Morgan fingerprint density at radius 1 is 1.32 bits per heavy atom. The largest absolute Gasteiger partial charge is 0.419 e. The van der Waals surface area contributed by atoms with E-state index in [2.05, 4.69) is 15.3 Å². The number of rotatable bonds is 2. The zero-order chi connectivity index (χ0) is 18.4. The number of anilines is 2. The summed E-state index contributed by atoms with van der Waals surface area (Å²) < 4.78 is 40.4. The molecule has 0 atom stereocenters. The Morgan fingerprint density at radius 3 is 2.68 bits per heavy atom. The number of nitrogens with zero attached hydrogens (tertiary/aromatic N) is 3. The van der Waals surface area contributed by atoms with Crippen LogP contribution in [0.15, 0.2) is 30.6 Å². The molecule has 0 aliphatic heterocycles. The minimum absolute atomic E-state index is 0.131. The highest BCUT2D eigenvalue weighted by atomic mass is 35.5. The number of halogens is 4. The number of hydrogen-bond acceptors (Lipinski definition) is 4. The first-order valence-corrected chi connectivity index (χ1v) is 7.33. The average Bonchev–Trinajstić information content (AvgIpc) is 2.82. The number of hydrogen-bond donors (Lipinski definition) is 2. The van der Waals surface area contributed by atoms with E-state index in [1.807, 2.05) is 0 Å². The molecule has 0 aliphatic carbocycles.